The fraction of sp³-hybridized carbons (Fsp3) is 0.417. The van der Waals surface area contributed by atoms with E-state index >= 15 is 0 Å². The van der Waals surface area contributed by atoms with E-state index in [2.05, 4.69) is 10.6 Å². The highest BCUT2D eigenvalue weighted by Crippen LogP contribution is 2.55. The number of anilines is 1. The highest BCUT2D eigenvalue weighted by Gasteiger charge is 2.51. The third-order valence-electron chi connectivity index (χ3n) is 6.86. The van der Waals surface area contributed by atoms with Crippen molar-refractivity contribution in [2.24, 2.45) is 17.8 Å². The number of hydrogen-bond donors (Lipinski definition) is 2. The molecular weight excluding hydrogens is 348 g/mol. The Hall–Kier alpha value is -2.62. The second-order valence-electron chi connectivity index (χ2n) is 9.05. The van der Waals surface area contributed by atoms with Crippen molar-refractivity contribution in [3.8, 4) is 0 Å². The Morgan fingerprint density at radius 3 is 1.82 bits per heavy atom. The Morgan fingerprint density at radius 1 is 0.714 bits per heavy atom. The molecule has 0 aromatic heterocycles. The van der Waals surface area contributed by atoms with Gasteiger partial charge < -0.3 is 10.6 Å². The molecule has 0 unspecified atom stereocenters. The smallest absolute Gasteiger partial charge is 0.255 e. The minimum Gasteiger partial charge on any atom is -0.347 e. The summed E-state index contributed by atoms with van der Waals surface area (Å²) in [5.41, 5.74) is 1.99. The van der Waals surface area contributed by atoms with Crippen LogP contribution in [0.3, 0.4) is 0 Å². The van der Waals surface area contributed by atoms with Crippen LogP contribution in [0.25, 0.3) is 0 Å². The molecule has 0 aliphatic heterocycles. The van der Waals surface area contributed by atoms with Gasteiger partial charge in [0.1, 0.15) is 0 Å². The lowest BCUT2D eigenvalue weighted by atomic mass is 9.53. The first-order valence-corrected chi connectivity index (χ1v) is 10.4. The molecule has 4 aliphatic carbocycles. The molecule has 4 saturated carbocycles. The van der Waals surface area contributed by atoms with E-state index in [0.717, 1.165) is 37.0 Å². The number of carbonyl (C=O) groups is 2. The van der Waals surface area contributed by atoms with Crippen molar-refractivity contribution in [1.82, 2.24) is 5.32 Å². The SMILES string of the molecule is O=C(Nc1ccc(C(=O)NC23CC4CC(CC(C4)C2)C3)cc1)c1ccccc1. The summed E-state index contributed by atoms with van der Waals surface area (Å²) in [6.45, 7) is 0. The third-order valence-corrected chi connectivity index (χ3v) is 6.86. The Bertz CT molecular complexity index is 853. The van der Waals surface area contributed by atoms with Gasteiger partial charge >= 0.3 is 0 Å². The maximum absolute atomic E-state index is 12.9. The first-order chi connectivity index (χ1) is 13.6. The monoisotopic (exact) mass is 374 g/mol. The van der Waals surface area contributed by atoms with Crippen molar-refractivity contribution in [1.29, 1.82) is 0 Å². The molecule has 0 saturated heterocycles. The standard InChI is InChI=1S/C24H26N2O2/c27-22(19-4-2-1-3-5-19)25-21-8-6-20(7-9-21)23(28)26-24-13-16-10-17(14-24)12-18(11-16)15-24/h1-9,16-18H,10-15H2,(H,25,27)(H,26,28). The lowest BCUT2D eigenvalue weighted by Crippen LogP contribution is -2.59. The van der Waals surface area contributed by atoms with Crippen LogP contribution in [-0.4, -0.2) is 17.4 Å². The molecule has 2 aromatic carbocycles. The van der Waals surface area contributed by atoms with Gasteiger partial charge in [-0.15, -0.1) is 0 Å². The van der Waals surface area contributed by atoms with Gasteiger partial charge in [0.2, 0.25) is 0 Å². The molecule has 0 heterocycles. The summed E-state index contributed by atoms with van der Waals surface area (Å²) in [4.78, 5) is 25.1. The molecule has 0 spiro atoms. The van der Waals surface area contributed by atoms with Crippen LogP contribution in [0.4, 0.5) is 5.69 Å². The van der Waals surface area contributed by atoms with E-state index in [1.807, 2.05) is 18.2 Å². The van der Waals surface area contributed by atoms with Gasteiger partial charge in [-0.3, -0.25) is 9.59 Å². The minimum absolute atomic E-state index is 0.0166. The molecule has 4 aliphatic rings. The van der Waals surface area contributed by atoms with Gasteiger partial charge in [-0.25, -0.2) is 0 Å². The van der Waals surface area contributed by atoms with E-state index in [1.54, 1.807) is 36.4 Å². The zero-order valence-corrected chi connectivity index (χ0v) is 16.0. The van der Waals surface area contributed by atoms with Crippen LogP contribution in [0.5, 0.6) is 0 Å². The van der Waals surface area contributed by atoms with Crippen LogP contribution >= 0.6 is 0 Å². The fourth-order valence-electron chi connectivity index (χ4n) is 6.07. The van der Waals surface area contributed by atoms with Crippen molar-refractivity contribution in [2.45, 2.75) is 44.1 Å². The Morgan fingerprint density at radius 2 is 1.25 bits per heavy atom. The molecule has 6 rings (SSSR count). The molecule has 2 N–H and O–H groups in total. The second kappa shape index (κ2) is 6.77. The number of carbonyl (C=O) groups excluding carboxylic acids is 2. The number of benzene rings is 2. The van der Waals surface area contributed by atoms with Crippen LogP contribution in [0.15, 0.2) is 54.6 Å². The lowest BCUT2D eigenvalue weighted by molar-refractivity contribution is -0.0167. The van der Waals surface area contributed by atoms with Gasteiger partial charge in [-0.05, 0) is 92.7 Å². The zero-order chi connectivity index (χ0) is 19.1. The zero-order valence-electron chi connectivity index (χ0n) is 16.0. The molecule has 4 fully saturated rings. The number of hydrogen-bond acceptors (Lipinski definition) is 2. The number of nitrogens with one attached hydrogen (secondary N) is 2. The van der Waals surface area contributed by atoms with Crippen molar-refractivity contribution < 1.29 is 9.59 Å². The van der Waals surface area contributed by atoms with E-state index in [9.17, 15) is 9.59 Å². The highest BCUT2D eigenvalue weighted by atomic mass is 16.2. The summed E-state index contributed by atoms with van der Waals surface area (Å²) in [7, 11) is 0. The third kappa shape index (κ3) is 3.32. The van der Waals surface area contributed by atoms with Crippen LogP contribution in [0, 0.1) is 17.8 Å². The maximum atomic E-state index is 12.9. The first-order valence-electron chi connectivity index (χ1n) is 10.4. The van der Waals surface area contributed by atoms with Crippen LogP contribution in [-0.2, 0) is 0 Å². The van der Waals surface area contributed by atoms with Crippen molar-refractivity contribution in [2.75, 3.05) is 5.32 Å². The Labute approximate surface area is 165 Å². The van der Waals surface area contributed by atoms with Gasteiger partial charge in [0.05, 0.1) is 0 Å². The molecule has 2 aromatic rings. The first kappa shape index (κ1) is 17.5. The average Bonchev–Trinajstić information content (AvgIpc) is 2.68. The molecule has 2 amide bonds. The molecule has 4 nitrogen and oxygen atoms in total. The van der Waals surface area contributed by atoms with Crippen LogP contribution < -0.4 is 10.6 Å². The minimum atomic E-state index is -0.147. The van der Waals surface area contributed by atoms with Crippen molar-refractivity contribution >= 4 is 17.5 Å². The van der Waals surface area contributed by atoms with Gasteiger partial charge in [0.25, 0.3) is 11.8 Å². The maximum Gasteiger partial charge on any atom is 0.255 e. The van der Waals surface area contributed by atoms with Gasteiger partial charge in [-0.2, -0.15) is 0 Å². The van der Waals surface area contributed by atoms with E-state index in [1.165, 1.54) is 19.3 Å². The largest absolute Gasteiger partial charge is 0.347 e. The summed E-state index contributed by atoms with van der Waals surface area (Å²) in [6, 6.07) is 16.3. The number of amides is 2. The summed E-state index contributed by atoms with van der Waals surface area (Å²) in [5, 5.41) is 6.28. The predicted molar refractivity (Wildman–Crippen MR) is 109 cm³/mol. The molecule has 4 bridgehead atoms. The van der Waals surface area contributed by atoms with E-state index in [0.29, 0.717) is 16.8 Å². The van der Waals surface area contributed by atoms with Gasteiger partial charge in [0.15, 0.2) is 0 Å². The molecule has 4 heteroatoms. The second-order valence-corrected chi connectivity index (χ2v) is 9.05. The summed E-state index contributed by atoms with van der Waals surface area (Å²) >= 11 is 0. The van der Waals surface area contributed by atoms with E-state index in [4.69, 9.17) is 0 Å². The lowest BCUT2D eigenvalue weighted by Gasteiger charge is -2.56. The summed E-state index contributed by atoms with van der Waals surface area (Å²) < 4.78 is 0. The Balaban J connectivity index is 1.25. The summed E-state index contributed by atoms with van der Waals surface area (Å²) in [5.74, 6) is 2.29. The highest BCUT2D eigenvalue weighted by molar-refractivity contribution is 6.04. The predicted octanol–water partition coefficient (Wildman–Crippen LogP) is 4.64. The number of rotatable bonds is 4. The topological polar surface area (TPSA) is 58.2 Å². The molecule has 144 valence electrons. The normalized spacial score (nSPS) is 30.1. The average molecular weight is 374 g/mol. The Kier molecular flexibility index (Phi) is 4.22. The van der Waals surface area contributed by atoms with E-state index < -0.39 is 0 Å². The van der Waals surface area contributed by atoms with Crippen LogP contribution in [0.1, 0.15) is 59.2 Å². The quantitative estimate of drug-likeness (QED) is 0.819. The molecule has 0 radical (unpaired) electrons. The molecule has 28 heavy (non-hydrogen) atoms. The van der Waals surface area contributed by atoms with Crippen molar-refractivity contribution in [3.05, 3.63) is 65.7 Å². The molecular formula is C24H26N2O2. The summed E-state index contributed by atoms with van der Waals surface area (Å²) in [6.07, 6.45) is 7.54. The van der Waals surface area contributed by atoms with Gasteiger partial charge in [-0.1, -0.05) is 18.2 Å². The fourth-order valence-corrected chi connectivity index (χ4v) is 6.07. The van der Waals surface area contributed by atoms with Crippen molar-refractivity contribution in [3.63, 3.8) is 0 Å². The van der Waals surface area contributed by atoms with E-state index in [-0.39, 0.29) is 17.4 Å². The van der Waals surface area contributed by atoms with Gasteiger partial charge in [0, 0.05) is 22.4 Å². The van der Waals surface area contributed by atoms with Crippen LogP contribution in [0.2, 0.25) is 0 Å². The molecule has 0 atom stereocenters.